The van der Waals surface area contributed by atoms with Crippen molar-refractivity contribution >= 4 is 11.6 Å². The molecule has 6 nitrogen and oxygen atoms in total. The molecule has 2 aromatic heterocycles. The first kappa shape index (κ1) is 12.6. The predicted molar refractivity (Wildman–Crippen MR) is 69.9 cm³/mol. The highest BCUT2D eigenvalue weighted by Crippen LogP contribution is 2.23. The van der Waals surface area contributed by atoms with Gasteiger partial charge in [0.1, 0.15) is 18.5 Å². The molecule has 0 bridgehead atoms. The normalized spacial score (nSPS) is 10.8. The molecule has 0 radical (unpaired) electrons. The lowest BCUT2D eigenvalue weighted by Gasteiger charge is -2.07. The average molecular weight is 291 g/mol. The Balaban J connectivity index is 2.17. The first-order valence-electron chi connectivity index (χ1n) is 5.67. The molecule has 0 aliphatic rings. The number of hydrogen-bond acceptors (Lipinski definition) is 5. The second kappa shape index (κ2) is 4.93. The molecule has 0 spiro atoms. The van der Waals surface area contributed by atoms with Crippen LogP contribution < -0.4 is 0 Å². The fraction of sp³-hybridized carbons (Fsp3) is 0.0833. The molecule has 1 aromatic carbocycles. The third-order valence-electron chi connectivity index (χ3n) is 2.73. The first-order chi connectivity index (χ1) is 9.65. The summed E-state index contributed by atoms with van der Waals surface area (Å²) in [6, 6.07) is 4.68. The number of rotatable bonds is 2. The van der Waals surface area contributed by atoms with Crippen LogP contribution in [0.15, 0.2) is 30.9 Å². The monoisotopic (exact) mass is 290 g/mol. The summed E-state index contributed by atoms with van der Waals surface area (Å²) >= 11 is 5.89. The van der Waals surface area contributed by atoms with E-state index in [4.69, 9.17) is 11.6 Å². The average Bonchev–Trinajstić information content (AvgIpc) is 2.95. The zero-order chi connectivity index (χ0) is 14.1. The van der Waals surface area contributed by atoms with Crippen molar-refractivity contribution in [1.82, 2.24) is 29.7 Å². The van der Waals surface area contributed by atoms with Gasteiger partial charge in [-0.2, -0.15) is 24.7 Å². The molecular formula is C12H8ClFN6. The molecule has 0 saturated carbocycles. The molecule has 0 amide bonds. The van der Waals surface area contributed by atoms with Crippen LogP contribution in [-0.4, -0.2) is 29.7 Å². The summed E-state index contributed by atoms with van der Waals surface area (Å²) in [5.74, 6) is 0.176. The summed E-state index contributed by atoms with van der Waals surface area (Å²) in [4.78, 5) is 16.0. The molecule has 0 N–H and O–H groups in total. The van der Waals surface area contributed by atoms with Gasteiger partial charge in [0, 0.05) is 5.56 Å². The predicted octanol–water partition coefficient (Wildman–Crippen LogP) is 2.22. The smallest absolute Gasteiger partial charge is 0.223 e. The van der Waals surface area contributed by atoms with Crippen molar-refractivity contribution in [2.45, 2.75) is 6.92 Å². The van der Waals surface area contributed by atoms with E-state index in [0.29, 0.717) is 11.1 Å². The number of halogens is 2. The van der Waals surface area contributed by atoms with E-state index in [2.05, 4.69) is 25.0 Å². The van der Waals surface area contributed by atoms with E-state index in [-0.39, 0.29) is 22.9 Å². The van der Waals surface area contributed by atoms with Crippen LogP contribution in [0.4, 0.5) is 4.39 Å². The molecule has 2 heterocycles. The Hall–Kier alpha value is -2.41. The largest absolute Gasteiger partial charge is 0.256 e. The van der Waals surface area contributed by atoms with Crippen LogP contribution in [0.1, 0.15) is 5.56 Å². The van der Waals surface area contributed by atoms with Crippen LogP contribution in [0.5, 0.6) is 0 Å². The van der Waals surface area contributed by atoms with E-state index in [1.807, 2.05) is 0 Å². The molecule has 0 fully saturated rings. The molecule has 0 saturated heterocycles. The van der Waals surface area contributed by atoms with Crippen LogP contribution in [0.25, 0.3) is 17.3 Å². The Morgan fingerprint density at radius 3 is 2.80 bits per heavy atom. The molecule has 8 heteroatoms. The quantitative estimate of drug-likeness (QED) is 0.724. The summed E-state index contributed by atoms with van der Waals surface area (Å²) < 4.78 is 15.0. The van der Waals surface area contributed by atoms with Gasteiger partial charge in [0.15, 0.2) is 5.82 Å². The molecule has 0 aliphatic carbocycles. The van der Waals surface area contributed by atoms with Gasteiger partial charge < -0.3 is 0 Å². The highest BCUT2D eigenvalue weighted by atomic mass is 35.5. The lowest BCUT2D eigenvalue weighted by atomic mass is 10.1. The van der Waals surface area contributed by atoms with E-state index in [9.17, 15) is 4.39 Å². The molecule has 100 valence electrons. The summed E-state index contributed by atoms with van der Waals surface area (Å²) in [6.45, 7) is 1.65. The van der Waals surface area contributed by atoms with E-state index >= 15 is 0 Å². The molecule has 0 unspecified atom stereocenters. The highest BCUT2D eigenvalue weighted by Gasteiger charge is 2.13. The first-order valence-corrected chi connectivity index (χ1v) is 6.05. The third kappa shape index (κ3) is 2.23. The zero-order valence-corrected chi connectivity index (χ0v) is 11.1. The number of hydrogen-bond donors (Lipinski definition) is 0. The maximum Gasteiger partial charge on any atom is 0.256 e. The fourth-order valence-corrected chi connectivity index (χ4v) is 1.88. The van der Waals surface area contributed by atoms with Crippen molar-refractivity contribution in [3.63, 3.8) is 0 Å². The van der Waals surface area contributed by atoms with Gasteiger partial charge in [-0.05, 0) is 30.2 Å². The number of aromatic nitrogens is 6. The van der Waals surface area contributed by atoms with Crippen LogP contribution in [0.2, 0.25) is 5.28 Å². The van der Waals surface area contributed by atoms with E-state index in [1.54, 1.807) is 19.1 Å². The van der Waals surface area contributed by atoms with Gasteiger partial charge in [-0.1, -0.05) is 12.1 Å². The SMILES string of the molecule is Cc1c(F)cccc1-c1nc(Cl)nc(-n2cncn2)n1. The molecule has 0 atom stereocenters. The Kier molecular flexibility index (Phi) is 3.11. The van der Waals surface area contributed by atoms with Crippen molar-refractivity contribution in [2.75, 3.05) is 0 Å². The van der Waals surface area contributed by atoms with Gasteiger partial charge in [0.25, 0.3) is 5.95 Å². The molecule has 0 aliphatic heterocycles. The topological polar surface area (TPSA) is 69.4 Å². The second-order valence-electron chi connectivity index (χ2n) is 3.98. The molecular weight excluding hydrogens is 283 g/mol. The lowest BCUT2D eigenvalue weighted by molar-refractivity contribution is 0.619. The number of benzene rings is 1. The standard InChI is InChI=1S/C12H8ClFN6/c1-7-8(3-2-4-9(7)14)10-17-11(13)19-12(18-10)20-6-15-5-16-20/h2-6H,1H3. The third-order valence-corrected chi connectivity index (χ3v) is 2.90. The van der Waals surface area contributed by atoms with Crippen molar-refractivity contribution in [3.05, 3.63) is 47.5 Å². The van der Waals surface area contributed by atoms with Gasteiger partial charge in [0.05, 0.1) is 0 Å². The summed E-state index contributed by atoms with van der Waals surface area (Å²) in [5.41, 5.74) is 0.995. The van der Waals surface area contributed by atoms with Crippen molar-refractivity contribution in [2.24, 2.45) is 0 Å². The zero-order valence-electron chi connectivity index (χ0n) is 10.3. The van der Waals surface area contributed by atoms with Crippen molar-refractivity contribution in [3.8, 4) is 17.3 Å². The second-order valence-corrected chi connectivity index (χ2v) is 4.32. The highest BCUT2D eigenvalue weighted by molar-refractivity contribution is 6.28. The molecule has 3 aromatic rings. The maximum absolute atomic E-state index is 13.6. The van der Waals surface area contributed by atoms with Gasteiger partial charge in [-0.3, -0.25) is 0 Å². The van der Waals surface area contributed by atoms with Crippen molar-refractivity contribution in [1.29, 1.82) is 0 Å². The minimum absolute atomic E-state index is 0.00385. The number of nitrogens with zero attached hydrogens (tertiary/aromatic N) is 6. The van der Waals surface area contributed by atoms with Crippen LogP contribution in [0.3, 0.4) is 0 Å². The van der Waals surface area contributed by atoms with Gasteiger partial charge in [-0.15, -0.1) is 0 Å². The Labute approximate surface area is 118 Å². The molecule has 3 rings (SSSR count). The van der Waals surface area contributed by atoms with Gasteiger partial charge in [0.2, 0.25) is 5.28 Å². The van der Waals surface area contributed by atoms with Gasteiger partial charge >= 0.3 is 0 Å². The Morgan fingerprint density at radius 2 is 2.05 bits per heavy atom. The minimum atomic E-state index is -0.332. The fourth-order valence-electron chi connectivity index (χ4n) is 1.72. The van der Waals surface area contributed by atoms with Crippen LogP contribution >= 0.6 is 11.6 Å². The summed E-state index contributed by atoms with van der Waals surface area (Å²) in [6.07, 6.45) is 2.79. The minimum Gasteiger partial charge on any atom is -0.223 e. The molecule has 20 heavy (non-hydrogen) atoms. The Morgan fingerprint density at radius 1 is 1.20 bits per heavy atom. The van der Waals surface area contributed by atoms with E-state index in [0.717, 1.165) is 0 Å². The van der Waals surface area contributed by atoms with E-state index < -0.39 is 0 Å². The summed E-state index contributed by atoms with van der Waals surface area (Å²) in [7, 11) is 0. The van der Waals surface area contributed by atoms with E-state index in [1.165, 1.54) is 23.4 Å². The van der Waals surface area contributed by atoms with Crippen LogP contribution in [-0.2, 0) is 0 Å². The van der Waals surface area contributed by atoms with Gasteiger partial charge in [-0.25, -0.2) is 9.37 Å². The maximum atomic E-state index is 13.6. The Bertz CT molecular complexity index is 759. The van der Waals surface area contributed by atoms with Crippen LogP contribution in [0, 0.1) is 12.7 Å². The lowest BCUT2D eigenvalue weighted by Crippen LogP contribution is -2.05. The van der Waals surface area contributed by atoms with Crippen molar-refractivity contribution < 1.29 is 4.39 Å². The summed E-state index contributed by atoms with van der Waals surface area (Å²) in [5, 5.41) is 3.93.